The van der Waals surface area contributed by atoms with Crippen molar-refractivity contribution in [3.63, 3.8) is 0 Å². The first kappa shape index (κ1) is 18.7. The number of ether oxygens (including phenoxy) is 2. The predicted octanol–water partition coefficient (Wildman–Crippen LogP) is 1.29. The molecule has 24 heavy (non-hydrogen) atoms. The van der Waals surface area contributed by atoms with Crippen LogP contribution in [-0.2, 0) is 14.8 Å². The summed E-state index contributed by atoms with van der Waals surface area (Å²) in [6, 6.07) is 4.37. The Labute approximate surface area is 142 Å². The number of hydrogen-bond acceptors (Lipinski definition) is 5. The van der Waals surface area contributed by atoms with Gasteiger partial charge in [0.2, 0.25) is 10.0 Å². The molecular formula is C16H24N2O5S. The lowest BCUT2D eigenvalue weighted by Crippen LogP contribution is -2.32. The molecule has 1 aliphatic heterocycles. The third-order valence-electron chi connectivity index (χ3n) is 3.77. The third-order valence-corrected chi connectivity index (χ3v) is 5.25. The summed E-state index contributed by atoms with van der Waals surface area (Å²) < 4.78 is 37.8. The second-order valence-electron chi connectivity index (χ2n) is 5.61. The number of rotatable bonds is 8. The zero-order chi connectivity index (χ0) is 17.6. The molecule has 1 aromatic carbocycles. The third kappa shape index (κ3) is 4.68. The number of methoxy groups -OCH3 is 1. The second-order valence-corrected chi connectivity index (χ2v) is 7.34. The van der Waals surface area contributed by atoms with E-state index in [4.69, 9.17) is 9.47 Å². The van der Waals surface area contributed by atoms with Crippen LogP contribution in [0.4, 0.5) is 0 Å². The van der Waals surface area contributed by atoms with Gasteiger partial charge in [-0.15, -0.1) is 0 Å². The van der Waals surface area contributed by atoms with Gasteiger partial charge in [0.15, 0.2) is 0 Å². The summed E-state index contributed by atoms with van der Waals surface area (Å²) >= 11 is 0. The number of amides is 1. The van der Waals surface area contributed by atoms with E-state index in [0.29, 0.717) is 26.1 Å². The molecule has 1 aliphatic rings. The molecular weight excluding hydrogens is 332 g/mol. The summed E-state index contributed by atoms with van der Waals surface area (Å²) in [5.74, 6) is -0.130. The van der Waals surface area contributed by atoms with Crippen molar-refractivity contribution in [2.75, 3.05) is 26.8 Å². The van der Waals surface area contributed by atoms with Crippen molar-refractivity contribution in [3.8, 4) is 5.75 Å². The smallest absolute Gasteiger partial charge is 0.251 e. The van der Waals surface area contributed by atoms with Crippen molar-refractivity contribution >= 4 is 15.9 Å². The Hall–Kier alpha value is -1.64. The van der Waals surface area contributed by atoms with Gasteiger partial charge in [0, 0.05) is 25.3 Å². The quantitative estimate of drug-likeness (QED) is 0.732. The number of nitrogens with one attached hydrogen (secondary N) is 2. The molecule has 1 saturated heterocycles. The lowest BCUT2D eigenvalue weighted by molar-refractivity contribution is 0.0857. The highest BCUT2D eigenvalue weighted by molar-refractivity contribution is 7.89. The molecule has 1 aromatic rings. The Morgan fingerprint density at radius 2 is 2.21 bits per heavy atom. The molecule has 0 saturated carbocycles. The van der Waals surface area contributed by atoms with E-state index in [1.807, 2.05) is 6.92 Å². The van der Waals surface area contributed by atoms with Gasteiger partial charge < -0.3 is 14.8 Å². The summed E-state index contributed by atoms with van der Waals surface area (Å²) in [6.45, 7) is 3.32. The zero-order valence-electron chi connectivity index (χ0n) is 14.0. The molecule has 1 atom stereocenters. The monoisotopic (exact) mass is 356 g/mol. The SMILES string of the molecule is CCCNS(=O)(=O)c1cc(C(=O)NCC2CCCO2)ccc1OC. The molecule has 8 heteroatoms. The molecule has 0 bridgehead atoms. The Bertz CT molecular complexity index is 669. The highest BCUT2D eigenvalue weighted by Gasteiger charge is 2.22. The van der Waals surface area contributed by atoms with Crippen LogP contribution < -0.4 is 14.8 Å². The first-order valence-electron chi connectivity index (χ1n) is 8.05. The number of hydrogen-bond donors (Lipinski definition) is 2. The predicted molar refractivity (Wildman–Crippen MR) is 89.8 cm³/mol. The zero-order valence-corrected chi connectivity index (χ0v) is 14.8. The minimum atomic E-state index is -3.73. The van der Waals surface area contributed by atoms with Crippen molar-refractivity contribution in [1.82, 2.24) is 10.0 Å². The van der Waals surface area contributed by atoms with Gasteiger partial charge in [-0.3, -0.25) is 4.79 Å². The van der Waals surface area contributed by atoms with Crippen molar-refractivity contribution in [3.05, 3.63) is 23.8 Å². The summed E-state index contributed by atoms with van der Waals surface area (Å²) in [6.07, 6.45) is 2.61. The summed E-state index contributed by atoms with van der Waals surface area (Å²) in [5, 5.41) is 2.78. The molecule has 2 N–H and O–H groups in total. The van der Waals surface area contributed by atoms with Gasteiger partial charge in [0.05, 0.1) is 13.2 Å². The Morgan fingerprint density at radius 1 is 1.42 bits per heavy atom. The van der Waals surface area contributed by atoms with Crippen LogP contribution in [0.5, 0.6) is 5.75 Å². The largest absolute Gasteiger partial charge is 0.495 e. The molecule has 1 heterocycles. The molecule has 0 spiro atoms. The Morgan fingerprint density at radius 3 is 2.83 bits per heavy atom. The average Bonchev–Trinajstić information content (AvgIpc) is 3.10. The van der Waals surface area contributed by atoms with Gasteiger partial charge in [-0.25, -0.2) is 13.1 Å². The maximum Gasteiger partial charge on any atom is 0.251 e. The van der Waals surface area contributed by atoms with E-state index in [2.05, 4.69) is 10.0 Å². The highest BCUT2D eigenvalue weighted by Crippen LogP contribution is 2.25. The minimum absolute atomic E-state index is 0.0293. The van der Waals surface area contributed by atoms with Gasteiger partial charge in [-0.05, 0) is 37.5 Å². The number of sulfonamides is 1. The molecule has 2 rings (SSSR count). The molecule has 0 aromatic heterocycles. The van der Waals surface area contributed by atoms with E-state index in [1.165, 1.54) is 19.2 Å². The van der Waals surface area contributed by atoms with Crippen LogP contribution in [0.2, 0.25) is 0 Å². The van der Waals surface area contributed by atoms with Crippen molar-refractivity contribution in [1.29, 1.82) is 0 Å². The number of carbonyl (C=O) groups excluding carboxylic acids is 1. The van der Waals surface area contributed by atoms with Crippen LogP contribution in [0.3, 0.4) is 0 Å². The second kappa shape index (κ2) is 8.46. The molecule has 1 fully saturated rings. The van der Waals surface area contributed by atoms with Gasteiger partial charge in [0.25, 0.3) is 5.91 Å². The van der Waals surface area contributed by atoms with Gasteiger partial charge in [-0.2, -0.15) is 0 Å². The Balaban J connectivity index is 2.16. The van der Waals surface area contributed by atoms with Crippen molar-refractivity contribution < 1.29 is 22.7 Å². The highest BCUT2D eigenvalue weighted by atomic mass is 32.2. The van der Waals surface area contributed by atoms with E-state index in [0.717, 1.165) is 12.8 Å². The lowest BCUT2D eigenvalue weighted by atomic mass is 10.2. The van der Waals surface area contributed by atoms with Crippen LogP contribution in [0, 0.1) is 0 Å². The van der Waals surface area contributed by atoms with Crippen LogP contribution in [0.1, 0.15) is 36.5 Å². The maximum absolute atomic E-state index is 12.4. The molecule has 7 nitrogen and oxygen atoms in total. The van der Waals surface area contributed by atoms with E-state index >= 15 is 0 Å². The fourth-order valence-electron chi connectivity index (χ4n) is 2.46. The van der Waals surface area contributed by atoms with Crippen LogP contribution in [0.25, 0.3) is 0 Å². The fraction of sp³-hybridized carbons (Fsp3) is 0.562. The topological polar surface area (TPSA) is 93.7 Å². The first-order chi connectivity index (χ1) is 11.5. The molecule has 1 amide bonds. The maximum atomic E-state index is 12.4. The fourth-order valence-corrected chi connectivity index (χ4v) is 3.78. The molecule has 0 radical (unpaired) electrons. The Kier molecular flexibility index (Phi) is 6.59. The van der Waals surface area contributed by atoms with Gasteiger partial charge in [0.1, 0.15) is 10.6 Å². The van der Waals surface area contributed by atoms with Crippen molar-refractivity contribution in [2.45, 2.75) is 37.2 Å². The van der Waals surface area contributed by atoms with Gasteiger partial charge >= 0.3 is 0 Å². The van der Waals surface area contributed by atoms with Crippen molar-refractivity contribution in [2.24, 2.45) is 0 Å². The van der Waals surface area contributed by atoms with E-state index in [1.54, 1.807) is 6.07 Å². The summed E-state index contributed by atoms with van der Waals surface area (Å²) in [7, 11) is -2.34. The molecule has 0 aliphatic carbocycles. The van der Waals surface area contributed by atoms with E-state index in [9.17, 15) is 13.2 Å². The van der Waals surface area contributed by atoms with E-state index in [-0.39, 0.29) is 28.2 Å². The lowest BCUT2D eigenvalue weighted by Gasteiger charge is -2.13. The van der Waals surface area contributed by atoms with Gasteiger partial charge in [-0.1, -0.05) is 6.92 Å². The number of benzene rings is 1. The standard InChI is InChI=1S/C16H24N2O5S/c1-3-8-18-24(20,21)15-10-12(6-7-14(15)22-2)16(19)17-11-13-5-4-9-23-13/h6-7,10,13,18H,3-5,8-9,11H2,1-2H3,(H,17,19). The number of carbonyl (C=O) groups is 1. The minimum Gasteiger partial charge on any atom is -0.495 e. The normalized spacial score (nSPS) is 17.7. The molecule has 1 unspecified atom stereocenters. The van der Waals surface area contributed by atoms with Crippen LogP contribution in [0.15, 0.2) is 23.1 Å². The first-order valence-corrected chi connectivity index (χ1v) is 9.53. The summed E-state index contributed by atoms with van der Waals surface area (Å²) in [5.41, 5.74) is 0.269. The molecule has 134 valence electrons. The summed E-state index contributed by atoms with van der Waals surface area (Å²) in [4.78, 5) is 12.2. The van der Waals surface area contributed by atoms with Crippen LogP contribution >= 0.6 is 0 Å². The van der Waals surface area contributed by atoms with Crippen LogP contribution in [-0.4, -0.2) is 47.2 Å². The van der Waals surface area contributed by atoms with E-state index < -0.39 is 10.0 Å². The average molecular weight is 356 g/mol.